The predicted molar refractivity (Wildman–Crippen MR) is 109 cm³/mol. The lowest BCUT2D eigenvalue weighted by Gasteiger charge is -2.10. The van der Waals surface area contributed by atoms with Gasteiger partial charge in [-0.3, -0.25) is 9.36 Å². The Labute approximate surface area is 171 Å². The van der Waals surface area contributed by atoms with Crippen LogP contribution in [0.3, 0.4) is 0 Å². The molecule has 2 aromatic heterocycles. The molecular weight excluding hydrogens is 424 g/mol. The van der Waals surface area contributed by atoms with Crippen LogP contribution < -0.4 is 5.56 Å². The number of hydrogen-bond donors (Lipinski definition) is 0. The van der Waals surface area contributed by atoms with E-state index in [9.17, 15) is 13.6 Å². The fourth-order valence-electron chi connectivity index (χ4n) is 2.72. The Morgan fingerprint density at radius 1 is 1.25 bits per heavy atom. The lowest BCUT2D eigenvalue weighted by molar-refractivity contribution is 0.576. The molecule has 4 aromatic rings. The average Bonchev–Trinajstić information content (AvgIpc) is 3.07. The minimum absolute atomic E-state index is 0.265. The van der Waals surface area contributed by atoms with Gasteiger partial charge in [0.25, 0.3) is 5.56 Å². The quantitative estimate of drug-likeness (QED) is 0.404. The van der Waals surface area contributed by atoms with Crippen LogP contribution in [0.2, 0.25) is 5.02 Å². The summed E-state index contributed by atoms with van der Waals surface area (Å²) in [6.07, 6.45) is 1.41. The second kappa shape index (κ2) is 7.62. The van der Waals surface area contributed by atoms with Crippen LogP contribution in [0.4, 0.5) is 8.78 Å². The fraction of sp³-hybridized carbons (Fsp3) is 0.105. The first kappa shape index (κ1) is 19.0. The molecule has 0 fully saturated rings. The number of hydrogen-bond acceptors (Lipinski definition) is 5. The van der Waals surface area contributed by atoms with Crippen LogP contribution in [0.25, 0.3) is 16.0 Å². The molecule has 0 saturated carbocycles. The topological polar surface area (TPSA) is 47.8 Å². The number of para-hydroxylation sites is 1. The highest BCUT2D eigenvalue weighted by atomic mass is 35.5. The summed E-state index contributed by atoms with van der Waals surface area (Å²) in [4.78, 5) is 21.6. The molecule has 0 unspecified atom stereocenters. The monoisotopic (exact) mass is 435 g/mol. The van der Waals surface area contributed by atoms with E-state index in [0.717, 1.165) is 11.6 Å². The summed E-state index contributed by atoms with van der Waals surface area (Å²) in [6, 6.07) is 8.85. The summed E-state index contributed by atoms with van der Waals surface area (Å²) < 4.78 is 29.2. The molecule has 142 valence electrons. The first-order valence-electron chi connectivity index (χ1n) is 8.14. The van der Waals surface area contributed by atoms with E-state index in [1.54, 1.807) is 6.07 Å². The molecule has 0 amide bonds. The number of rotatable bonds is 4. The van der Waals surface area contributed by atoms with Crippen molar-refractivity contribution in [2.45, 2.75) is 17.0 Å². The maximum atomic E-state index is 13.8. The smallest absolute Gasteiger partial charge is 0.267 e. The Hall–Kier alpha value is -2.29. The van der Waals surface area contributed by atoms with E-state index in [2.05, 4.69) is 9.97 Å². The van der Waals surface area contributed by atoms with Gasteiger partial charge in [-0.15, -0.1) is 11.3 Å². The van der Waals surface area contributed by atoms with Gasteiger partial charge in [-0.2, -0.15) is 0 Å². The van der Waals surface area contributed by atoms with E-state index in [0.29, 0.717) is 31.0 Å². The van der Waals surface area contributed by atoms with Gasteiger partial charge in [0.05, 0.1) is 10.7 Å². The van der Waals surface area contributed by atoms with Crippen LogP contribution in [0.15, 0.2) is 51.9 Å². The standard InChI is InChI=1S/C19H12ClF2N3OS2/c1-10-3-2-4-13(20)15(10)25-9-23-17-16(18(25)26)28-19(24-17)27-8-11-5-6-12(21)7-14(11)22/h2-7,9H,8H2,1H3. The molecule has 2 aromatic carbocycles. The number of benzene rings is 2. The van der Waals surface area contributed by atoms with Gasteiger partial charge in [0.2, 0.25) is 0 Å². The molecule has 0 bridgehead atoms. The van der Waals surface area contributed by atoms with Crippen LogP contribution in [-0.4, -0.2) is 14.5 Å². The molecule has 0 saturated heterocycles. The van der Waals surface area contributed by atoms with Crippen LogP contribution in [0.1, 0.15) is 11.1 Å². The molecule has 28 heavy (non-hydrogen) atoms. The minimum atomic E-state index is -0.620. The van der Waals surface area contributed by atoms with Crippen molar-refractivity contribution in [2.75, 3.05) is 0 Å². The molecule has 0 radical (unpaired) electrons. The molecule has 0 N–H and O–H groups in total. The van der Waals surface area contributed by atoms with Crippen molar-refractivity contribution in [3.05, 3.63) is 80.9 Å². The maximum absolute atomic E-state index is 13.8. The SMILES string of the molecule is Cc1cccc(Cl)c1-n1cnc2nc(SCc3ccc(F)cc3F)sc2c1=O. The molecule has 0 spiro atoms. The van der Waals surface area contributed by atoms with Crippen molar-refractivity contribution < 1.29 is 8.78 Å². The second-order valence-corrected chi connectivity index (χ2v) is 8.61. The van der Waals surface area contributed by atoms with Gasteiger partial charge in [0, 0.05) is 11.8 Å². The summed E-state index contributed by atoms with van der Waals surface area (Å²) in [5.41, 5.74) is 1.86. The van der Waals surface area contributed by atoms with Gasteiger partial charge >= 0.3 is 0 Å². The van der Waals surface area contributed by atoms with Gasteiger partial charge < -0.3 is 0 Å². The highest BCUT2D eigenvalue weighted by Crippen LogP contribution is 2.31. The molecule has 0 aliphatic heterocycles. The first-order valence-corrected chi connectivity index (χ1v) is 10.3. The van der Waals surface area contributed by atoms with E-state index in [1.807, 2.05) is 19.1 Å². The van der Waals surface area contributed by atoms with Gasteiger partial charge in [-0.1, -0.05) is 41.6 Å². The van der Waals surface area contributed by atoms with E-state index in [1.165, 1.54) is 46.1 Å². The lowest BCUT2D eigenvalue weighted by atomic mass is 10.2. The van der Waals surface area contributed by atoms with Crippen LogP contribution in [-0.2, 0) is 5.75 Å². The van der Waals surface area contributed by atoms with Crippen molar-refractivity contribution in [2.24, 2.45) is 0 Å². The summed E-state index contributed by atoms with van der Waals surface area (Å²) in [5.74, 6) is -0.960. The van der Waals surface area contributed by atoms with Crippen LogP contribution in [0.5, 0.6) is 0 Å². The van der Waals surface area contributed by atoms with E-state index in [4.69, 9.17) is 11.6 Å². The van der Waals surface area contributed by atoms with Crippen LogP contribution in [0, 0.1) is 18.6 Å². The van der Waals surface area contributed by atoms with Crippen molar-refractivity contribution in [1.29, 1.82) is 0 Å². The Morgan fingerprint density at radius 2 is 2.07 bits per heavy atom. The maximum Gasteiger partial charge on any atom is 0.277 e. The van der Waals surface area contributed by atoms with Gasteiger partial charge in [0.15, 0.2) is 9.99 Å². The number of halogens is 3. The second-order valence-electron chi connectivity index (χ2n) is 5.98. The number of fused-ring (bicyclic) bond motifs is 1. The third-order valence-corrected chi connectivity index (χ3v) is 6.62. The zero-order valence-corrected chi connectivity index (χ0v) is 16.8. The highest BCUT2D eigenvalue weighted by Gasteiger charge is 2.15. The number of thioether (sulfide) groups is 1. The molecule has 2 heterocycles. The minimum Gasteiger partial charge on any atom is -0.267 e. The molecule has 0 aliphatic carbocycles. The Kier molecular flexibility index (Phi) is 5.18. The molecule has 0 aliphatic rings. The van der Waals surface area contributed by atoms with E-state index in [-0.39, 0.29) is 11.3 Å². The normalized spacial score (nSPS) is 11.3. The lowest BCUT2D eigenvalue weighted by Crippen LogP contribution is -2.19. The Morgan fingerprint density at radius 3 is 2.82 bits per heavy atom. The number of thiazole rings is 1. The van der Waals surface area contributed by atoms with E-state index < -0.39 is 11.6 Å². The molecule has 9 heteroatoms. The zero-order valence-electron chi connectivity index (χ0n) is 14.4. The number of nitrogens with zero attached hydrogens (tertiary/aromatic N) is 3. The van der Waals surface area contributed by atoms with Crippen molar-refractivity contribution in [1.82, 2.24) is 14.5 Å². The number of aryl methyl sites for hydroxylation is 1. The van der Waals surface area contributed by atoms with Gasteiger partial charge in [0.1, 0.15) is 22.7 Å². The average molecular weight is 436 g/mol. The fourth-order valence-corrected chi connectivity index (χ4v) is 5.04. The third-order valence-electron chi connectivity index (χ3n) is 4.09. The Bertz CT molecular complexity index is 1240. The van der Waals surface area contributed by atoms with Gasteiger partial charge in [-0.25, -0.2) is 18.7 Å². The first-order chi connectivity index (χ1) is 13.4. The summed E-state index contributed by atoms with van der Waals surface area (Å²) >= 11 is 8.73. The van der Waals surface area contributed by atoms with Crippen LogP contribution >= 0.6 is 34.7 Å². The Balaban J connectivity index is 1.68. The largest absolute Gasteiger partial charge is 0.277 e. The van der Waals surface area contributed by atoms with Crippen molar-refractivity contribution in [3.8, 4) is 5.69 Å². The summed E-state index contributed by atoms with van der Waals surface area (Å²) in [6.45, 7) is 1.86. The predicted octanol–water partition coefficient (Wildman–Crippen LogP) is 5.37. The molecular formula is C19H12ClF2N3OS2. The number of aromatic nitrogens is 3. The van der Waals surface area contributed by atoms with Crippen molar-refractivity contribution >= 4 is 45.0 Å². The van der Waals surface area contributed by atoms with Crippen molar-refractivity contribution in [3.63, 3.8) is 0 Å². The van der Waals surface area contributed by atoms with E-state index >= 15 is 0 Å². The summed E-state index contributed by atoms with van der Waals surface area (Å²) in [7, 11) is 0. The highest BCUT2D eigenvalue weighted by molar-refractivity contribution is 8.00. The molecule has 4 nitrogen and oxygen atoms in total. The third kappa shape index (κ3) is 3.55. The molecule has 0 atom stereocenters. The zero-order chi connectivity index (χ0) is 19.8. The summed E-state index contributed by atoms with van der Waals surface area (Å²) in [5, 5.41) is 0.453. The molecule has 4 rings (SSSR count). The van der Waals surface area contributed by atoms with Gasteiger partial charge in [-0.05, 0) is 30.2 Å².